The van der Waals surface area contributed by atoms with Gasteiger partial charge in [0.2, 0.25) is 0 Å². The van der Waals surface area contributed by atoms with Crippen molar-refractivity contribution in [1.82, 2.24) is 4.90 Å². The van der Waals surface area contributed by atoms with Crippen LogP contribution in [0.25, 0.3) is 0 Å². The summed E-state index contributed by atoms with van der Waals surface area (Å²) in [6.45, 7) is 4.12. The van der Waals surface area contributed by atoms with Gasteiger partial charge in [-0.1, -0.05) is 6.07 Å². The molecule has 0 spiro atoms. The van der Waals surface area contributed by atoms with Crippen LogP contribution in [-0.4, -0.2) is 44.0 Å². The number of nitrogens with zero attached hydrogens (tertiary/aromatic N) is 2. The summed E-state index contributed by atoms with van der Waals surface area (Å²) in [4.78, 5) is 4.61. The summed E-state index contributed by atoms with van der Waals surface area (Å²) < 4.78 is 0. The number of hydrogen-bond donors (Lipinski definition) is 2. The van der Waals surface area contributed by atoms with Crippen LogP contribution in [0.3, 0.4) is 0 Å². The highest BCUT2D eigenvalue weighted by molar-refractivity contribution is 6.00. The van der Waals surface area contributed by atoms with E-state index in [2.05, 4.69) is 36.9 Å². The molecule has 4 heteroatoms. The molecule has 98 valence electrons. The zero-order valence-corrected chi connectivity index (χ0v) is 11.4. The van der Waals surface area contributed by atoms with Gasteiger partial charge in [-0.3, -0.25) is 5.41 Å². The summed E-state index contributed by atoms with van der Waals surface area (Å²) in [6.07, 6.45) is 1.16. The number of hydrogen-bond acceptors (Lipinski definition) is 3. The maximum atomic E-state index is 7.69. The van der Waals surface area contributed by atoms with E-state index in [1.54, 1.807) is 0 Å². The summed E-state index contributed by atoms with van der Waals surface area (Å²) in [5, 5.41) is 7.69. The van der Waals surface area contributed by atoms with Crippen LogP contribution in [0.4, 0.5) is 5.69 Å². The Bertz CT molecular complexity index is 453. The van der Waals surface area contributed by atoms with Crippen LogP contribution in [0.5, 0.6) is 0 Å². The van der Waals surface area contributed by atoms with Crippen LogP contribution < -0.4 is 10.6 Å². The molecule has 1 heterocycles. The maximum absolute atomic E-state index is 7.69. The molecule has 1 aromatic carbocycles. The second kappa shape index (κ2) is 4.98. The van der Waals surface area contributed by atoms with Crippen molar-refractivity contribution < 1.29 is 0 Å². The van der Waals surface area contributed by atoms with E-state index in [4.69, 9.17) is 11.1 Å². The Morgan fingerprint density at radius 2 is 2.17 bits per heavy atom. The average molecular weight is 246 g/mol. The summed E-state index contributed by atoms with van der Waals surface area (Å²) in [5.74, 6) is 0.151. The number of amidine groups is 1. The zero-order chi connectivity index (χ0) is 13.3. The van der Waals surface area contributed by atoms with E-state index in [0.29, 0.717) is 6.04 Å². The number of rotatable bonds is 3. The van der Waals surface area contributed by atoms with Crippen LogP contribution in [0.2, 0.25) is 0 Å². The van der Waals surface area contributed by atoms with E-state index in [9.17, 15) is 0 Å². The van der Waals surface area contributed by atoms with Crippen LogP contribution >= 0.6 is 0 Å². The molecule has 1 unspecified atom stereocenters. The van der Waals surface area contributed by atoms with Gasteiger partial charge in [0.25, 0.3) is 0 Å². The van der Waals surface area contributed by atoms with Crippen molar-refractivity contribution in [3.05, 3.63) is 29.3 Å². The predicted octanol–water partition coefficient (Wildman–Crippen LogP) is 1.42. The van der Waals surface area contributed by atoms with Gasteiger partial charge in [0.15, 0.2) is 0 Å². The minimum atomic E-state index is 0.151. The van der Waals surface area contributed by atoms with Crippen molar-refractivity contribution in [3.8, 4) is 0 Å². The highest BCUT2D eigenvalue weighted by Gasteiger charge is 2.25. The first kappa shape index (κ1) is 12.9. The molecule has 0 bridgehead atoms. The fourth-order valence-electron chi connectivity index (χ4n) is 2.51. The number of anilines is 1. The number of likely N-dealkylation sites (N-methyl/N-ethyl adjacent to an activating group) is 1. The van der Waals surface area contributed by atoms with Crippen molar-refractivity contribution >= 4 is 11.5 Å². The van der Waals surface area contributed by atoms with Gasteiger partial charge in [0, 0.05) is 30.4 Å². The van der Waals surface area contributed by atoms with E-state index in [-0.39, 0.29) is 5.84 Å². The van der Waals surface area contributed by atoms with Gasteiger partial charge < -0.3 is 15.5 Å². The lowest BCUT2D eigenvalue weighted by Gasteiger charge is -2.24. The zero-order valence-electron chi connectivity index (χ0n) is 11.4. The topological polar surface area (TPSA) is 56.4 Å². The highest BCUT2D eigenvalue weighted by Crippen LogP contribution is 2.26. The van der Waals surface area contributed by atoms with Crippen LogP contribution in [0.15, 0.2) is 18.2 Å². The second-order valence-corrected chi connectivity index (χ2v) is 5.29. The van der Waals surface area contributed by atoms with Gasteiger partial charge in [-0.05, 0) is 45.1 Å². The molecule has 0 saturated carbocycles. The number of aryl methyl sites for hydroxylation is 1. The minimum Gasteiger partial charge on any atom is -0.384 e. The maximum Gasteiger partial charge on any atom is 0.124 e. The lowest BCUT2D eigenvalue weighted by atomic mass is 10.1. The van der Waals surface area contributed by atoms with Crippen LogP contribution in [0.1, 0.15) is 17.5 Å². The molecule has 3 N–H and O–H groups in total. The molecule has 0 aromatic heterocycles. The van der Waals surface area contributed by atoms with Crippen LogP contribution in [0, 0.1) is 12.3 Å². The molecular weight excluding hydrogens is 224 g/mol. The number of nitrogen functional groups attached to an aromatic ring is 1. The second-order valence-electron chi connectivity index (χ2n) is 5.29. The van der Waals surface area contributed by atoms with Crippen LogP contribution in [-0.2, 0) is 0 Å². The summed E-state index contributed by atoms with van der Waals surface area (Å²) in [5.41, 5.74) is 8.84. The summed E-state index contributed by atoms with van der Waals surface area (Å²) >= 11 is 0. The lowest BCUT2D eigenvalue weighted by molar-refractivity contribution is 0.315. The monoisotopic (exact) mass is 246 g/mol. The molecule has 2 rings (SSSR count). The SMILES string of the molecule is Cc1ccc(C(=N)N)c(N2CCC(N(C)C)C2)c1. The molecule has 4 nitrogen and oxygen atoms in total. The van der Waals surface area contributed by atoms with Gasteiger partial charge in [-0.25, -0.2) is 0 Å². The molecule has 1 atom stereocenters. The number of benzene rings is 1. The van der Waals surface area contributed by atoms with Gasteiger partial charge in [-0.15, -0.1) is 0 Å². The Hall–Kier alpha value is -1.55. The third kappa shape index (κ3) is 2.48. The first-order chi connectivity index (χ1) is 8.49. The fourth-order valence-corrected chi connectivity index (χ4v) is 2.51. The molecule has 1 fully saturated rings. The van der Waals surface area contributed by atoms with E-state index in [0.717, 1.165) is 30.8 Å². The smallest absolute Gasteiger partial charge is 0.124 e. The molecule has 18 heavy (non-hydrogen) atoms. The van der Waals surface area contributed by atoms with Crippen molar-refractivity contribution in [2.45, 2.75) is 19.4 Å². The first-order valence-electron chi connectivity index (χ1n) is 6.35. The Kier molecular flexibility index (Phi) is 3.57. The molecule has 1 aromatic rings. The summed E-state index contributed by atoms with van der Waals surface area (Å²) in [7, 11) is 4.24. The van der Waals surface area contributed by atoms with E-state index in [1.165, 1.54) is 5.56 Å². The largest absolute Gasteiger partial charge is 0.384 e. The number of nitrogens with one attached hydrogen (secondary N) is 1. The molecule has 0 amide bonds. The normalized spacial score (nSPS) is 19.6. The van der Waals surface area contributed by atoms with Gasteiger partial charge in [0.1, 0.15) is 5.84 Å². The standard InChI is InChI=1S/C14H22N4/c1-10-4-5-12(14(15)16)13(8-10)18-7-6-11(9-18)17(2)3/h4-5,8,11H,6-7,9H2,1-3H3,(H3,15,16). The number of nitrogens with two attached hydrogens (primary N) is 1. The van der Waals surface area contributed by atoms with E-state index in [1.807, 2.05) is 12.1 Å². The minimum absolute atomic E-state index is 0.151. The molecule has 1 aliphatic rings. The Labute approximate surface area is 109 Å². The molecule has 1 saturated heterocycles. The average Bonchev–Trinajstić information content (AvgIpc) is 2.77. The Balaban J connectivity index is 2.28. The first-order valence-corrected chi connectivity index (χ1v) is 6.35. The molecule has 1 aliphatic heterocycles. The van der Waals surface area contributed by atoms with Crippen molar-refractivity contribution in [2.24, 2.45) is 5.73 Å². The molecular formula is C14H22N4. The van der Waals surface area contributed by atoms with Gasteiger partial charge >= 0.3 is 0 Å². The Morgan fingerprint density at radius 3 is 2.72 bits per heavy atom. The third-order valence-electron chi connectivity index (χ3n) is 3.68. The van der Waals surface area contributed by atoms with E-state index >= 15 is 0 Å². The van der Waals surface area contributed by atoms with E-state index < -0.39 is 0 Å². The third-order valence-corrected chi connectivity index (χ3v) is 3.68. The van der Waals surface area contributed by atoms with Crippen molar-refractivity contribution in [3.63, 3.8) is 0 Å². The fraction of sp³-hybridized carbons (Fsp3) is 0.500. The lowest BCUT2D eigenvalue weighted by Crippen LogP contribution is -2.32. The molecule has 0 radical (unpaired) electrons. The highest BCUT2D eigenvalue weighted by atomic mass is 15.2. The Morgan fingerprint density at radius 1 is 1.44 bits per heavy atom. The van der Waals surface area contributed by atoms with Crippen molar-refractivity contribution in [2.75, 3.05) is 32.1 Å². The molecule has 0 aliphatic carbocycles. The van der Waals surface area contributed by atoms with Gasteiger partial charge in [-0.2, -0.15) is 0 Å². The summed E-state index contributed by atoms with van der Waals surface area (Å²) in [6, 6.07) is 6.69. The van der Waals surface area contributed by atoms with Gasteiger partial charge in [0.05, 0.1) is 0 Å². The predicted molar refractivity (Wildman–Crippen MR) is 76.5 cm³/mol. The quantitative estimate of drug-likeness (QED) is 0.626. The van der Waals surface area contributed by atoms with Crippen molar-refractivity contribution in [1.29, 1.82) is 5.41 Å².